The fourth-order valence-electron chi connectivity index (χ4n) is 19.2. The lowest BCUT2D eigenvalue weighted by Gasteiger charge is -2.36. The molecule has 23 rings (SSSR count). The van der Waals surface area contributed by atoms with Gasteiger partial charge in [-0.05, 0) is 210 Å². The van der Waals surface area contributed by atoms with Crippen molar-refractivity contribution in [3.63, 3.8) is 0 Å². The van der Waals surface area contributed by atoms with Crippen LogP contribution >= 0.6 is 11.6 Å². The average molecular weight is 1580 g/mol. The van der Waals surface area contributed by atoms with Gasteiger partial charge in [0.1, 0.15) is 22.3 Å². The highest BCUT2D eigenvalue weighted by molar-refractivity contribution is 6.62. The van der Waals surface area contributed by atoms with E-state index in [9.17, 15) is 0 Å². The molecule has 5 heterocycles. The van der Waals surface area contributed by atoms with E-state index in [1.807, 2.05) is 109 Å². The lowest BCUT2D eigenvalue weighted by molar-refractivity contribution is 0.00578. The Labute approximate surface area is 704 Å². The van der Waals surface area contributed by atoms with Crippen molar-refractivity contribution in [1.29, 1.82) is 0 Å². The lowest BCUT2D eigenvalue weighted by Crippen LogP contribution is -2.41. The number of furan rings is 2. The van der Waals surface area contributed by atoms with Gasteiger partial charge < -0.3 is 18.1 Å². The van der Waals surface area contributed by atoms with Crippen LogP contribution in [0, 0.1) is 0 Å². The fraction of sp³-hybridized carbons (Fsp3) is 0.167. The number of hydrogen-bond donors (Lipinski definition) is 0. The Morgan fingerprint density at radius 1 is 0.250 bits per heavy atom. The summed E-state index contributed by atoms with van der Waals surface area (Å²) in [7, 11) is -0.296. The van der Waals surface area contributed by atoms with Crippen LogP contribution < -0.4 is 5.46 Å². The van der Waals surface area contributed by atoms with Crippen molar-refractivity contribution < 1.29 is 18.1 Å². The van der Waals surface area contributed by atoms with Crippen molar-refractivity contribution >= 4 is 68.1 Å². The molecule has 120 heavy (non-hydrogen) atoms. The van der Waals surface area contributed by atoms with Gasteiger partial charge in [-0.2, -0.15) is 0 Å². The quantitative estimate of drug-likeness (QED) is 0.122. The van der Waals surface area contributed by atoms with Crippen molar-refractivity contribution in [2.75, 3.05) is 0 Å². The Kier molecular flexibility index (Phi) is 18.9. The first kappa shape index (κ1) is 74.5. The number of aromatic nitrogens is 6. The van der Waals surface area contributed by atoms with Crippen LogP contribution in [0.1, 0.15) is 114 Å². The van der Waals surface area contributed by atoms with Crippen LogP contribution in [0.25, 0.3) is 168 Å². The summed E-state index contributed by atoms with van der Waals surface area (Å²) in [4.78, 5) is 30.0. The summed E-state index contributed by atoms with van der Waals surface area (Å²) < 4.78 is 24.8. The second-order valence-electron chi connectivity index (χ2n) is 33.7. The first-order valence-electron chi connectivity index (χ1n) is 42.1. The van der Waals surface area contributed by atoms with E-state index >= 15 is 0 Å². The molecule has 0 N–H and O–H groups in total. The van der Waals surface area contributed by atoms with Crippen LogP contribution in [0.15, 0.2) is 336 Å². The van der Waals surface area contributed by atoms with Gasteiger partial charge in [-0.3, -0.25) is 0 Å². The van der Waals surface area contributed by atoms with Gasteiger partial charge in [-0.15, -0.1) is 0 Å². The first-order chi connectivity index (χ1) is 58.7. The zero-order chi connectivity index (χ0) is 80.7. The highest BCUT2D eigenvalue weighted by Crippen LogP contribution is 2.58. The number of benzene rings is 14. The molecule has 0 bridgehead atoms. The molecule has 0 unspecified atom stereocenters. The Bertz CT molecular complexity index is 6950. The molecule has 14 aromatic carbocycles. The van der Waals surface area contributed by atoms with Gasteiger partial charge >= 0.3 is 7.12 Å². The van der Waals surface area contributed by atoms with Gasteiger partial charge in [-0.25, -0.2) is 29.9 Å². The topological polar surface area (TPSA) is 122 Å². The average Bonchev–Trinajstić information content (AvgIpc) is 1.55. The van der Waals surface area contributed by atoms with Crippen LogP contribution in [0.2, 0.25) is 5.02 Å². The Balaban J connectivity index is 0.000000119. The lowest BCUT2D eigenvalue weighted by atomic mass is 9.67. The third-order valence-electron chi connectivity index (χ3n) is 26.1. The van der Waals surface area contributed by atoms with Crippen LogP contribution in [-0.4, -0.2) is 48.2 Å². The van der Waals surface area contributed by atoms with Gasteiger partial charge in [-0.1, -0.05) is 305 Å². The van der Waals surface area contributed by atoms with E-state index in [2.05, 4.69) is 246 Å². The number of para-hydroxylation sites is 2. The predicted molar refractivity (Wildman–Crippen MR) is 489 cm³/mol. The van der Waals surface area contributed by atoms with Crippen LogP contribution in [-0.2, 0) is 20.1 Å². The molecule has 2 saturated carbocycles. The van der Waals surface area contributed by atoms with Crippen molar-refractivity contribution in [3.05, 3.63) is 355 Å². The van der Waals surface area contributed by atoms with E-state index in [0.29, 0.717) is 40.0 Å². The van der Waals surface area contributed by atoms with Crippen LogP contribution in [0.3, 0.4) is 0 Å². The maximum Gasteiger partial charge on any atom is 0.494 e. The number of rotatable bonds is 10. The van der Waals surface area contributed by atoms with Gasteiger partial charge in [0, 0.05) is 70.8 Å². The van der Waals surface area contributed by atoms with E-state index in [0.717, 1.165) is 105 Å². The minimum absolute atomic E-state index is 0.146. The summed E-state index contributed by atoms with van der Waals surface area (Å²) >= 11 is 6.31. The first-order valence-corrected chi connectivity index (χ1v) is 42.5. The monoisotopic (exact) mass is 1580 g/mol. The molecule has 582 valence electrons. The summed E-state index contributed by atoms with van der Waals surface area (Å²) in [5.41, 5.74) is 28.3. The summed E-state index contributed by atoms with van der Waals surface area (Å²) in [5, 5.41) is 4.83. The molecular weight excluding hydrogens is 1490 g/mol. The largest absolute Gasteiger partial charge is 0.494 e. The van der Waals surface area contributed by atoms with Gasteiger partial charge in [0.25, 0.3) is 0 Å². The molecule has 4 aromatic heterocycles. The Morgan fingerprint density at radius 3 is 1.07 bits per heavy atom. The van der Waals surface area contributed by atoms with E-state index in [1.54, 1.807) is 0 Å². The van der Waals surface area contributed by atoms with Crippen LogP contribution in [0.4, 0.5) is 0 Å². The number of halogens is 1. The maximum atomic E-state index is 6.31. The molecule has 18 aromatic rings. The Hall–Kier alpha value is -13.0. The minimum atomic E-state index is -0.306. The number of nitrogens with zero attached hydrogens (tertiary/aromatic N) is 6. The number of hydrogen-bond acceptors (Lipinski definition) is 10. The molecule has 1 saturated heterocycles. The molecule has 10 nitrogen and oxygen atoms in total. The van der Waals surface area contributed by atoms with E-state index < -0.39 is 0 Å². The molecule has 2 spiro atoms. The van der Waals surface area contributed by atoms with E-state index in [-0.39, 0.29) is 29.2 Å². The van der Waals surface area contributed by atoms with Gasteiger partial charge in [0.15, 0.2) is 34.9 Å². The molecule has 0 amide bonds. The maximum absolute atomic E-state index is 6.31. The van der Waals surface area contributed by atoms with Gasteiger partial charge in [0.2, 0.25) is 0 Å². The summed E-state index contributed by atoms with van der Waals surface area (Å²) in [6.07, 6.45) is 12.9. The molecule has 3 fully saturated rings. The molecule has 1 aliphatic heterocycles. The normalized spacial score (nSPS) is 15.6. The molecule has 4 aliphatic carbocycles. The third kappa shape index (κ3) is 13.5. The molecule has 5 aliphatic rings. The Morgan fingerprint density at radius 2 is 0.583 bits per heavy atom. The SMILES string of the molecule is CC1(C)OB(c2ccc3c(c2)-c2ccccc2C32CCCCC2)OC1(C)C.Clc1cccc(-c2nc(-c3ccc(-c4ccccc4)cc3)nc(-c3ccc4oc5ccccc5c4c3)n2)c1.c1ccc(-c2ccc(-c3nc(-c4cccc(-c5ccc6c(c5)-c5ccccc5C65CCCCC5)c4)nc(-c4ccc5oc6ccccc6c5c4)n3)cc2)cc1. The summed E-state index contributed by atoms with van der Waals surface area (Å²) in [6, 6.07) is 114. The summed E-state index contributed by atoms with van der Waals surface area (Å²) in [5.74, 6) is 3.65. The standard InChI is InChI=1S/C51H37N3O.C33H20ClN3O.C24H29BO2/c1-3-12-33(13-4-1)34-20-22-35(23-21-34)48-52-49(54-50(53-48)39-25-27-47-43(32-39)41-17-6-8-19-46(41)55-47)38-15-11-14-36(30-38)37-24-26-45-42(31-37)40-16-5-7-18-44(40)51(45)28-9-2-10-29-51;34-26-10-6-9-24(19-26)32-35-31(23-15-13-22(14-16-23)21-7-2-1-3-8-21)36-33(37-32)25-17-18-30-28(20-25)27-11-4-5-12-29(27)38-30;1-22(2)23(3,4)27-25(26-22)17-12-13-21-19(16-17)18-10-6-7-11-20(18)24(21)14-8-5-9-15-24/h1,3-8,11-27,30-32H,2,9-10,28-29H2;1-20H;6-7,10-13,16H,5,8-9,14-15H2,1-4H3. The van der Waals surface area contributed by atoms with Crippen molar-refractivity contribution in [2.45, 2.75) is 114 Å². The second-order valence-corrected chi connectivity index (χ2v) is 34.2. The van der Waals surface area contributed by atoms with Gasteiger partial charge in [0.05, 0.1) is 11.2 Å². The molecule has 0 radical (unpaired) electrons. The van der Waals surface area contributed by atoms with Crippen LogP contribution in [0.5, 0.6) is 0 Å². The zero-order valence-electron chi connectivity index (χ0n) is 67.5. The fourth-order valence-corrected chi connectivity index (χ4v) is 19.4. The second kappa shape index (κ2) is 30.4. The van der Waals surface area contributed by atoms with Crippen molar-refractivity contribution in [3.8, 4) is 124 Å². The molecule has 12 heteroatoms. The predicted octanol–water partition coefficient (Wildman–Crippen LogP) is 27.6. The highest BCUT2D eigenvalue weighted by Gasteiger charge is 2.53. The third-order valence-corrected chi connectivity index (χ3v) is 26.3. The van der Waals surface area contributed by atoms with Crippen molar-refractivity contribution in [1.82, 2.24) is 29.9 Å². The van der Waals surface area contributed by atoms with Crippen molar-refractivity contribution in [2.24, 2.45) is 0 Å². The van der Waals surface area contributed by atoms with E-state index in [4.69, 9.17) is 59.6 Å². The van der Waals surface area contributed by atoms with E-state index in [1.165, 1.54) is 120 Å². The zero-order valence-corrected chi connectivity index (χ0v) is 68.3. The smallest absolute Gasteiger partial charge is 0.456 e. The summed E-state index contributed by atoms with van der Waals surface area (Å²) in [6.45, 7) is 8.47. The number of fused-ring (bicyclic) bond motifs is 16. The minimum Gasteiger partial charge on any atom is -0.456 e. The molecular formula is C108H86BClN6O4. The molecule has 0 atom stereocenters. The highest BCUT2D eigenvalue weighted by atomic mass is 35.5.